The van der Waals surface area contributed by atoms with E-state index in [1.807, 2.05) is 42.5 Å². The SMILES string of the molecule is C=CC[C@]1(C(=O)OCc2ccccc2)C(=O)O[C@@H]2C=CCC[C@@H]21. The molecule has 120 valence electrons. The zero-order valence-corrected chi connectivity index (χ0v) is 12.9. The van der Waals surface area contributed by atoms with Crippen LogP contribution in [0.2, 0.25) is 0 Å². The van der Waals surface area contributed by atoms with Gasteiger partial charge >= 0.3 is 11.9 Å². The van der Waals surface area contributed by atoms with E-state index in [2.05, 4.69) is 6.58 Å². The summed E-state index contributed by atoms with van der Waals surface area (Å²) in [5.41, 5.74) is -0.368. The largest absolute Gasteiger partial charge is 0.460 e. The van der Waals surface area contributed by atoms with Gasteiger partial charge in [-0.1, -0.05) is 42.5 Å². The average molecular weight is 312 g/mol. The van der Waals surface area contributed by atoms with Crippen molar-refractivity contribution in [3.8, 4) is 0 Å². The summed E-state index contributed by atoms with van der Waals surface area (Å²) in [6.45, 7) is 3.86. The van der Waals surface area contributed by atoms with Crippen molar-refractivity contribution in [2.45, 2.75) is 32.0 Å². The standard InChI is InChI=1S/C19H20O4/c1-2-12-19(15-10-6-7-11-16(15)23-18(19)21)17(20)22-13-14-8-4-3-5-9-14/h2-5,7-9,11,15-16H,1,6,10,12-13H2/t15-,16+,19-/m0/s1. The van der Waals surface area contributed by atoms with Crippen LogP contribution in [-0.4, -0.2) is 18.0 Å². The third-order valence-corrected chi connectivity index (χ3v) is 4.65. The highest BCUT2D eigenvalue weighted by Crippen LogP contribution is 2.48. The van der Waals surface area contributed by atoms with E-state index >= 15 is 0 Å². The van der Waals surface area contributed by atoms with Crippen LogP contribution in [0.5, 0.6) is 0 Å². The number of benzene rings is 1. The van der Waals surface area contributed by atoms with Gasteiger partial charge in [-0.15, -0.1) is 6.58 Å². The fraction of sp³-hybridized carbons (Fsp3) is 0.368. The highest BCUT2D eigenvalue weighted by molar-refractivity contribution is 6.02. The van der Waals surface area contributed by atoms with E-state index in [4.69, 9.17) is 9.47 Å². The van der Waals surface area contributed by atoms with Gasteiger partial charge in [0.2, 0.25) is 0 Å². The molecule has 1 heterocycles. The molecule has 1 aromatic rings. The first-order valence-corrected chi connectivity index (χ1v) is 7.88. The molecule has 1 saturated heterocycles. The van der Waals surface area contributed by atoms with Gasteiger partial charge in [-0.2, -0.15) is 0 Å². The third kappa shape index (κ3) is 2.69. The number of rotatable bonds is 5. The smallest absolute Gasteiger partial charge is 0.324 e. The molecule has 0 aromatic heterocycles. The van der Waals surface area contributed by atoms with Gasteiger partial charge in [0.05, 0.1) is 0 Å². The van der Waals surface area contributed by atoms with Crippen LogP contribution in [0.1, 0.15) is 24.8 Å². The minimum absolute atomic E-state index is 0.152. The van der Waals surface area contributed by atoms with Crippen molar-refractivity contribution in [3.63, 3.8) is 0 Å². The lowest BCUT2D eigenvalue weighted by Crippen LogP contribution is -2.43. The topological polar surface area (TPSA) is 52.6 Å². The Bertz CT molecular complexity index is 634. The summed E-state index contributed by atoms with van der Waals surface area (Å²) >= 11 is 0. The first-order valence-electron chi connectivity index (χ1n) is 7.88. The van der Waals surface area contributed by atoms with Crippen LogP contribution in [0.4, 0.5) is 0 Å². The zero-order valence-electron chi connectivity index (χ0n) is 12.9. The number of hydrogen-bond donors (Lipinski definition) is 0. The third-order valence-electron chi connectivity index (χ3n) is 4.65. The van der Waals surface area contributed by atoms with Crippen molar-refractivity contribution in [2.24, 2.45) is 11.3 Å². The number of ether oxygens (including phenoxy) is 2. The quantitative estimate of drug-likeness (QED) is 0.476. The molecule has 0 unspecified atom stereocenters. The number of fused-ring (bicyclic) bond motifs is 1. The Morgan fingerprint density at radius 1 is 1.39 bits per heavy atom. The van der Waals surface area contributed by atoms with E-state index < -0.39 is 17.4 Å². The van der Waals surface area contributed by atoms with E-state index in [1.165, 1.54) is 0 Å². The Hall–Kier alpha value is -2.36. The first kappa shape index (κ1) is 15.5. The van der Waals surface area contributed by atoms with Gasteiger partial charge in [-0.05, 0) is 30.9 Å². The van der Waals surface area contributed by atoms with Gasteiger partial charge in [0.1, 0.15) is 12.7 Å². The molecule has 1 fully saturated rings. The molecule has 23 heavy (non-hydrogen) atoms. The average Bonchev–Trinajstić information content (AvgIpc) is 2.87. The maximum Gasteiger partial charge on any atom is 0.324 e. The normalized spacial score (nSPS) is 28.8. The summed E-state index contributed by atoms with van der Waals surface area (Å²) in [6.07, 6.45) is 6.96. The van der Waals surface area contributed by atoms with Gasteiger partial charge in [0, 0.05) is 5.92 Å². The minimum atomic E-state index is -1.26. The molecular formula is C19H20O4. The lowest BCUT2D eigenvalue weighted by atomic mass is 9.69. The van der Waals surface area contributed by atoms with E-state index in [9.17, 15) is 9.59 Å². The molecule has 1 aliphatic heterocycles. The van der Waals surface area contributed by atoms with E-state index in [0.29, 0.717) is 0 Å². The molecule has 2 aliphatic rings. The van der Waals surface area contributed by atoms with Crippen LogP contribution < -0.4 is 0 Å². The van der Waals surface area contributed by atoms with Gasteiger partial charge in [-0.3, -0.25) is 9.59 Å². The summed E-state index contributed by atoms with van der Waals surface area (Å²) in [6, 6.07) is 9.43. The van der Waals surface area contributed by atoms with Crippen LogP contribution >= 0.6 is 0 Å². The van der Waals surface area contributed by atoms with Gasteiger partial charge in [0.25, 0.3) is 0 Å². The minimum Gasteiger partial charge on any atom is -0.460 e. The zero-order chi connectivity index (χ0) is 16.3. The number of carbonyl (C=O) groups is 2. The second-order valence-electron chi connectivity index (χ2n) is 6.01. The fourth-order valence-electron chi connectivity index (χ4n) is 3.47. The summed E-state index contributed by atoms with van der Waals surface area (Å²) in [4.78, 5) is 25.3. The van der Waals surface area contributed by atoms with Crippen LogP contribution in [0.25, 0.3) is 0 Å². The first-order chi connectivity index (χ1) is 11.2. The molecule has 0 N–H and O–H groups in total. The molecule has 3 rings (SSSR count). The van der Waals surface area contributed by atoms with Gasteiger partial charge in [-0.25, -0.2) is 0 Å². The predicted octanol–water partition coefficient (Wildman–Crippen LogP) is 3.18. The van der Waals surface area contributed by atoms with Crippen LogP contribution in [0.3, 0.4) is 0 Å². The maximum atomic E-state index is 12.8. The Morgan fingerprint density at radius 3 is 2.91 bits per heavy atom. The maximum absolute atomic E-state index is 12.8. The Kier molecular flexibility index (Phi) is 4.33. The van der Waals surface area contributed by atoms with Crippen molar-refractivity contribution in [3.05, 3.63) is 60.7 Å². The molecule has 4 nitrogen and oxygen atoms in total. The Balaban J connectivity index is 1.82. The van der Waals surface area contributed by atoms with E-state index in [0.717, 1.165) is 18.4 Å². The lowest BCUT2D eigenvalue weighted by Gasteiger charge is -2.30. The molecular weight excluding hydrogens is 292 g/mol. The molecule has 0 saturated carbocycles. The monoisotopic (exact) mass is 312 g/mol. The van der Waals surface area contributed by atoms with Gasteiger partial charge in [0.15, 0.2) is 5.41 Å². The second kappa shape index (κ2) is 6.41. The van der Waals surface area contributed by atoms with E-state index in [-0.39, 0.29) is 25.0 Å². The van der Waals surface area contributed by atoms with Crippen molar-refractivity contribution >= 4 is 11.9 Å². The molecule has 1 aliphatic carbocycles. The number of esters is 2. The summed E-state index contributed by atoms with van der Waals surface area (Å²) in [5, 5.41) is 0. The van der Waals surface area contributed by atoms with Crippen molar-refractivity contribution in [1.29, 1.82) is 0 Å². The number of hydrogen-bond acceptors (Lipinski definition) is 4. The summed E-state index contributed by atoms with van der Waals surface area (Å²) in [7, 11) is 0. The van der Waals surface area contributed by atoms with E-state index in [1.54, 1.807) is 6.08 Å². The fourth-order valence-corrected chi connectivity index (χ4v) is 3.47. The molecule has 0 amide bonds. The lowest BCUT2D eigenvalue weighted by molar-refractivity contribution is -0.167. The molecule has 1 aromatic carbocycles. The Labute approximate surface area is 135 Å². The number of allylic oxidation sites excluding steroid dienone is 2. The van der Waals surface area contributed by atoms with Crippen LogP contribution in [0, 0.1) is 11.3 Å². The van der Waals surface area contributed by atoms with Crippen molar-refractivity contribution in [2.75, 3.05) is 0 Å². The predicted molar refractivity (Wildman–Crippen MR) is 85.2 cm³/mol. The molecule has 4 heteroatoms. The second-order valence-corrected chi connectivity index (χ2v) is 6.01. The van der Waals surface area contributed by atoms with Gasteiger partial charge < -0.3 is 9.47 Å². The number of carbonyl (C=O) groups excluding carboxylic acids is 2. The summed E-state index contributed by atoms with van der Waals surface area (Å²) in [5.74, 6) is -1.17. The Morgan fingerprint density at radius 2 is 2.17 bits per heavy atom. The van der Waals surface area contributed by atoms with Crippen LogP contribution in [-0.2, 0) is 25.7 Å². The van der Waals surface area contributed by atoms with Crippen molar-refractivity contribution < 1.29 is 19.1 Å². The molecule has 0 spiro atoms. The summed E-state index contributed by atoms with van der Waals surface area (Å²) < 4.78 is 10.9. The highest BCUT2D eigenvalue weighted by atomic mass is 16.6. The molecule has 3 atom stereocenters. The van der Waals surface area contributed by atoms with Crippen molar-refractivity contribution in [1.82, 2.24) is 0 Å². The molecule has 0 radical (unpaired) electrons. The highest BCUT2D eigenvalue weighted by Gasteiger charge is 2.62. The van der Waals surface area contributed by atoms with Crippen LogP contribution in [0.15, 0.2) is 55.1 Å². The molecule has 0 bridgehead atoms.